The molecule has 88 valence electrons. The van der Waals surface area contributed by atoms with Crippen LogP contribution in [-0.2, 0) is 9.47 Å². The number of nitrogens with one attached hydrogen (secondary N) is 2. The molecule has 0 amide bonds. The molecule has 0 bridgehead atoms. The zero-order valence-electron chi connectivity index (χ0n) is 9.34. The van der Waals surface area contributed by atoms with Crippen LogP contribution in [0.25, 0.3) is 0 Å². The minimum absolute atomic E-state index is 0.408. The molecule has 0 radical (unpaired) electrons. The van der Waals surface area contributed by atoms with E-state index in [4.69, 9.17) is 9.47 Å². The Morgan fingerprint density at radius 3 is 2.80 bits per heavy atom. The highest BCUT2D eigenvalue weighted by Crippen LogP contribution is 2.07. The molecule has 0 aromatic rings. The van der Waals surface area contributed by atoms with Crippen molar-refractivity contribution in [3.63, 3.8) is 0 Å². The van der Waals surface area contributed by atoms with E-state index in [0.29, 0.717) is 12.1 Å². The van der Waals surface area contributed by atoms with Crippen molar-refractivity contribution in [2.75, 3.05) is 39.5 Å². The van der Waals surface area contributed by atoms with Crippen LogP contribution in [0.5, 0.6) is 0 Å². The lowest BCUT2D eigenvalue weighted by Crippen LogP contribution is -2.42. The maximum Gasteiger partial charge on any atom is 0.0712 e. The third-order valence-corrected chi connectivity index (χ3v) is 3.13. The Hall–Kier alpha value is -0.160. The summed E-state index contributed by atoms with van der Waals surface area (Å²) in [6, 6.07) is 0.662. The summed E-state index contributed by atoms with van der Waals surface area (Å²) in [5.41, 5.74) is 0. The van der Waals surface area contributed by atoms with Crippen molar-refractivity contribution in [1.82, 2.24) is 10.6 Å². The van der Waals surface area contributed by atoms with E-state index in [2.05, 4.69) is 10.6 Å². The number of rotatable bonds is 4. The van der Waals surface area contributed by atoms with Gasteiger partial charge in [-0.3, -0.25) is 0 Å². The van der Waals surface area contributed by atoms with Crippen LogP contribution < -0.4 is 10.6 Å². The number of ether oxygens (including phenoxy) is 2. The van der Waals surface area contributed by atoms with Gasteiger partial charge < -0.3 is 20.1 Å². The molecule has 2 heterocycles. The first kappa shape index (κ1) is 11.3. The average Bonchev–Trinajstić information content (AvgIpc) is 2.32. The molecular formula is C11H22N2O2. The second-order valence-corrected chi connectivity index (χ2v) is 4.33. The Morgan fingerprint density at radius 1 is 1.20 bits per heavy atom. The van der Waals surface area contributed by atoms with E-state index >= 15 is 0 Å². The van der Waals surface area contributed by atoms with E-state index in [9.17, 15) is 0 Å². The Labute approximate surface area is 91.7 Å². The molecule has 1 unspecified atom stereocenters. The van der Waals surface area contributed by atoms with Crippen LogP contribution in [0.4, 0.5) is 0 Å². The Balaban J connectivity index is 1.53. The van der Waals surface area contributed by atoms with E-state index in [1.54, 1.807) is 0 Å². The van der Waals surface area contributed by atoms with Crippen molar-refractivity contribution in [3.05, 3.63) is 0 Å². The molecule has 2 aliphatic rings. The molecular weight excluding hydrogens is 192 g/mol. The third-order valence-electron chi connectivity index (χ3n) is 3.13. The van der Waals surface area contributed by atoms with Crippen LogP contribution in [0.3, 0.4) is 0 Å². The highest BCUT2D eigenvalue weighted by molar-refractivity contribution is 4.73. The second kappa shape index (κ2) is 6.43. The monoisotopic (exact) mass is 214 g/mol. The molecule has 0 aliphatic carbocycles. The minimum atomic E-state index is 0.408. The van der Waals surface area contributed by atoms with Crippen molar-refractivity contribution < 1.29 is 9.47 Å². The lowest BCUT2D eigenvalue weighted by Gasteiger charge is -2.26. The fraction of sp³-hybridized carbons (Fsp3) is 1.00. The largest absolute Gasteiger partial charge is 0.381 e. The van der Waals surface area contributed by atoms with Crippen LogP contribution in [0.1, 0.15) is 19.3 Å². The summed E-state index contributed by atoms with van der Waals surface area (Å²) in [5, 5.41) is 6.93. The standard InChI is InChI=1S/C11H22N2O2/c1(11-9-12-5-8-15-11)4-13-10-2-6-14-7-3-10/h10-13H,1-9H2. The minimum Gasteiger partial charge on any atom is -0.381 e. The van der Waals surface area contributed by atoms with Crippen molar-refractivity contribution in [2.45, 2.75) is 31.4 Å². The Bertz CT molecular complexity index is 148. The summed E-state index contributed by atoms with van der Waals surface area (Å²) in [7, 11) is 0. The SMILES string of the molecule is C1COC(CCNC2CCOCC2)CN1. The number of hydrogen-bond donors (Lipinski definition) is 2. The van der Waals surface area contributed by atoms with Gasteiger partial charge in [-0.2, -0.15) is 0 Å². The van der Waals surface area contributed by atoms with Gasteiger partial charge in [-0.15, -0.1) is 0 Å². The van der Waals surface area contributed by atoms with E-state index in [1.807, 2.05) is 0 Å². The lowest BCUT2D eigenvalue weighted by atomic mass is 10.1. The normalized spacial score (nSPS) is 29.2. The molecule has 2 rings (SSSR count). The van der Waals surface area contributed by atoms with Gasteiger partial charge in [0.1, 0.15) is 0 Å². The van der Waals surface area contributed by atoms with Crippen LogP contribution in [0.2, 0.25) is 0 Å². The first-order valence-electron chi connectivity index (χ1n) is 6.08. The Kier molecular flexibility index (Phi) is 4.86. The predicted octanol–water partition coefficient (Wildman–Crippen LogP) is 0.134. The van der Waals surface area contributed by atoms with E-state index in [1.165, 1.54) is 0 Å². The zero-order chi connectivity index (χ0) is 10.3. The van der Waals surface area contributed by atoms with Crippen molar-refractivity contribution in [3.8, 4) is 0 Å². The van der Waals surface area contributed by atoms with Gasteiger partial charge in [0.2, 0.25) is 0 Å². The summed E-state index contributed by atoms with van der Waals surface area (Å²) < 4.78 is 11.0. The molecule has 2 N–H and O–H groups in total. The van der Waals surface area contributed by atoms with Crippen LogP contribution in [-0.4, -0.2) is 51.6 Å². The topological polar surface area (TPSA) is 42.5 Å². The fourth-order valence-electron chi connectivity index (χ4n) is 2.16. The second-order valence-electron chi connectivity index (χ2n) is 4.33. The molecule has 2 aliphatic heterocycles. The quantitative estimate of drug-likeness (QED) is 0.698. The zero-order valence-corrected chi connectivity index (χ0v) is 9.34. The first-order valence-corrected chi connectivity index (χ1v) is 6.08. The third kappa shape index (κ3) is 4.07. The van der Waals surface area contributed by atoms with E-state index in [0.717, 1.165) is 58.7 Å². The van der Waals surface area contributed by atoms with Crippen molar-refractivity contribution in [1.29, 1.82) is 0 Å². The van der Waals surface area contributed by atoms with Gasteiger partial charge in [0.05, 0.1) is 12.7 Å². The molecule has 1 atom stereocenters. The van der Waals surface area contributed by atoms with Gasteiger partial charge in [-0.25, -0.2) is 0 Å². The molecule has 4 heteroatoms. The maximum absolute atomic E-state index is 5.64. The van der Waals surface area contributed by atoms with E-state index in [-0.39, 0.29) is 0 Å². The van der Waals surface area contributed by atoms with Gasteiger partial charge in [0, 0.05) is 32.3 Å². The van der Waals surface area contributed by atoms with Crippen molar-refractivity contribution in [2.24, 2.45) is 0 Å². The molecule has 4 nitrogen and oxygen atoms in total. The van der Waals surface area contributed by atoms with Gasteiger partial charge in [0.15, 0.2) is 0 Å². The summed E-state index contributed by atoms with van der Waals surface area (Å²) >= 11 is 0. The van der Waals surface area contributed by atoms with Gasteiger partial charge in [-0.1, -0.05) is 0 Å². The summed E-state index contributed by atoms with van der Waals surface area (Å²) in [6.45, 7) is 5.77. The van der Waals surface area contributed by atoms with Crippen LogP contribution in [0.15, 0.2) is 0 Å². The smallest absolute Gasteiger partial charge is 0.0712 e. The summed E-state index contributed by atoms with van der Waals surface area (Å²) in [6.07, 6.45) is 3.84. The van der Waals surface area contributed by atoms with Crippen LogP contribution in [0, 0.1) is 0 Å². The average molecular weight is 214 g/mol. The Morgan fingerprint density at radius 2 is 2.07 bits per heavy atom. The molecule has 2 fully saturated rings. The van der Waals surface area contributed by atoms with Crippen molar-refractivity contribution >= 4 is 0 Å². The van der Waals surface area contributed by atoms with E-state index < -0.39 is 0 Å². The number of morpholine rings is 1. The highest BCUT2D eigenvalue weighted by atomic mass is 16.5. The summed E-state index contributed by atoms with van der Waals surface area (Å²) in [5.74, 6) is 0. The van der Waals surface area contributed by atoms with Gasteiger partial charge >= 0.3 is 0 Å². The summed E-state index contributed by atoms with van der Waals surface area (Å²) in [4.78, 5) is 0. The highest BCUT2D eigenvalue weighted by Gasteiger charge is 2.15. The predicted molar refractivity (Wildman–Crippen MR) is 59.1 cm³/mol. The molecule has 0 aromatic heterocycles. The molecule has 15 heavy (non-hydrogen) atoms. The lowest BCUT2D eigenvalue weighted by molar-refractivity contribution is 0.0220. The van der Waals surface area contributed by atoms with Gasteiger partial charge in [-0.05, 0) is 25.8 Å². The molecule has 2 saturated heterocycles. The molecule has 0 saturated carbocycles. The van der Waals surface area contributed by atoms with Crippen LogP contribution >= 0.6 is 0 Å². The first-order chi connectivity index (χ1) is 7.45. The fourth-order valence-corrected chi connectivity index (χ4v) is 2.16. The number of hydrogen-bond acceptors (Lipinski definition) is 4. The molecule has 0 aromatic carbocycles. The molecule has 0 spiro atoms. The van der Waals surface area contributed by atoms with Gasteiger partial charge in [0.25, 0.3) is 0 Å². The maximum atomic E-state index is 5.64.